The van der Waals surface area contributed by atoms with Crippen LogP contribution in [0.25, 0.3) is 6.08 Å². The van der Waals surface area contributed by atoms with Crippen molar-refractivity contribution in [3.05, 3.63) is 30.0 Å². The minimum absolute atomic E-state index is 0.604. The average Bonchev–Trinajstić information content (AvgIpc) is 2.09. The van der Waals surface area contributed by atoms with Crippen molar-refractivity contribution >= 4 is 12.5 Å². The molecule has 1 aromatic rings. The minimum atomic E-state index is 0.604. The Kier molecular flexibility index (Phi) is 2.95. The summed E-state index contributed by atoms with van der Waals surface area (Å²) >= 11 is 0. The quantitative estimate of drug-likeness (QED) is 0.660. The van der Waals surface area contributed by atoms with Gasteiger partial charge in [-0.15, -0.1) is 0 Å². The normalized spacial score (nSPS) is 10.1. The van der Waals surface area contributed by atoms with E-state index in [-0.39, 0.29) is 0 Å². The smallest absolute Gasteiger partial charge is 0.211 e. The van der Waals surface area contributed by atoms with Crippen LogP contribution in [0.3, 0.4) is 0 Å². The standard InChI is InChI=1S/C8H9N3O/c1-7-4-10-5-11-8(7)2-3-9-6-12/h2-6H,1H3,(H,9,12)/b3-2-. The van der Waals surface area contributed by atoms with Crippen LogP contribution in [0.1, 0.15) is 11.3 Å². The first-order valence-electron chi connectivity index (χ1n) is 3.47. The second-order valence-electron chi connectivity index (χ2n) is 2.21. The van der Waals surface area contributed by atoms with E-state index in [1.54, 1.807) is 12.3 Å². The van der Waals surface area contributed by atoms with Crippen molar-refractivity contribution < 1.29 is 4.79 Å². The van der Waals surface area contributed by atoms with Crippen LogP contribution in [0.5, 0.6) is 0 Å². The first-order chi connectivity index (χ1) is 5.84. The van der Waals surface area contributed by atoms with Crippen LogP contribution in [-0.4, -0.2) is 16.4 Å². The molecule has 1 N–H and O–H groups in total. The Bertz CT molecular complexity index is 296. The van der Waals surface area contributed by atoms with Crippen LogP contribution in [-0.2, 0) is 4.79 Å². The van der Waals surface area contributed by atoms with Crippen molar-refractivity contribution in [2.45, 2.75) is 6.92 Å². The fourth-order valence-electron chi connectivity index (χ4n) is 0.749. The molecule has 12 heavy (non-hydrogen) atoms. The van der Waals surface area contributed by atoms with E-state index < -0.39 is 0 Å². The Morgan fingerprint density at radius 1 is 1.58 bits per heavy atom. The molecule has 0 spiro atoms. The molecular weight excluding hydrogens is 154 g/mol. The molecule has 4 nitrogen and oxygen atoms in total. The third kappa shape index (κ3) is 2.16. The lowest BCUT2D eigenvalue weighted by Gasteiger charge is -1.95. The number of amides is 1. The van der Waals surface area contributed by atoms with Gasteiger partial charge in [0, 0.05) is 12.4 Å². The maximum Gasteiger partial charge on any atom is 0.211 e. The summed E-state index contributed by atoms with van der Waals surface area (Å²) in [5, 5.41) is 2.40. The van der Waals surface area contributed by atoms with Gasteiger partial charge in [-0.25, -0.2) is 9.97 Å². The number of hydrogen-bond donors (Lipinski definition) is 1. The Morgan fingerprint density at radius 2 is 2.42 bits per heavy atom. The van der Waals surface area contributed by atoms with E-state index in [0.29, 0.717) is 6.41 Å². The number of hydrogen-bond acceptors (Lipinski definition) is 3. The monoisotopic (exact) mass is 163 g/mol. The van der Waals surface area contributed by atoms with Crippen molar-refractivity contribution in [3.63, 3.8) is 0 Å². The fraction of sp³-hybridized carbons (Fsp3) is 0.125. The predicted octanol–water partition coefficient (Wildman–Crippen LogP) is 0.502. The van der Waals surface area contributed by atoms with Crippen molar-refractivity contribution in [1.82, 2.24) is 15.3 Å². The zero-order chi connectivity index (χ0) is 8.81. The van der Waals surface area contributed by atoms with Gasteiger partial charge in [-0.2, -0.15) is 0 Å². The summed E-state index contributed by atoms with van der Waals surface area (Å²) in [7, 11) is 0. The van der Waals surface area contributed by atoms with Gasteiger partial charge in [-0.3, -0.25) is 4.79 Å². The summed E-state index contributed by atoms with van der Waals surface area (Å²) in [6.45, 7) is 1.90. The largest absolute Gasteiger partial charge is 0.335 e. The molecule has 62 valence electrons. The Hall–Kier alpha value is -1.71. The second kappa shape index (κ2) is 4.23. The van der Waals surface area contributed by atoms with Gasteiger partial charge in [0.1, 0.15) is 6.33 Å². The minimum Gasteiger partial charge on any atom is -0.335 e. The summed E-state index contributed by atoms with van der Waals surface area (Å²) in [5.74, 6) is 0. The number of rotatable bonds is 3. The first-order valence-corrected chi connectivity index (χ1v) is 3.47. The highest BCUT2D eigenvalue weighted by atomic mass is 16.1. The molecule has 1 amide bonds. The Labute approximate surface area is 70.4 Å². The van der Waals surface area contributed by atoms with Gasteiger partial charge in [0.15, 0.2) is 0 Å². The third-order valence-corrected chi connectivity index (χ3v) is 1.34. The maximum atomic E-state index is 9.88. The molecule has 1 aromatic heterocycles. The SMILES string of the molecule is Cc1cncnc1/C=C\NC=O. The van der Waals surface area contributed by atoms with Gasteiger partial charge in [-0.1, -0.05) is 0 Å². The van der Waals surface area contributed by atoms with Crippen LogP contribution >= 0.6 is 0 Å². The van der Waals surface area contributed by atoms with E-state index in [0.717, 1.165) is 11.3 Å². The summed E-state index contributed by atoms with van der Waals surface area (Å²) in [4.78, 5) is 17.7. The van der Waals surface area contributed by atoms with E-state index in [9.17, 15) is 4.79 Å². The molecule has 0 radical (unpaired) electrons. The lowest BCUT2D eigenvalue weighted by Crippen LogP contribution is -1.98. The summed E-state index contributed by atoms with van der Waals surface area (Å²) in [5.41, 5.74) is 1.78. The van der Waals surface area contributed by atoms with Crippen LogP contribution in [0.15, 0.2) is 18.7 Å². The molecule has 1 rings (SSSR count). The first kappa shape index (κ1) is 8.39. The zero-order valence-corrected chi connectivity index (χ0v) is 6.69. The molecule has 0 aromatic carbocycles. The molecule has 0 unspecified atom stereocenters. The van der Waals surface area contributed by atoms with Gasteiger partial charge >= 0.3 is 0 Å². The molecule has 0 aliphatic rings. The van der Waals surface area contributed by atoms with Crippen LogP contribution < -0.4 is 5.32 Å². The molecule has 0 saturated carbocycles. The fourth-order valence-corrected chi connectivity index (χ4v) is 0.749. The number of aryl methyl sites for hydroxylation is 1. The van der Waals surface area contributed by atoms with Crippen molar-refractivity contribution in [2.75, 3.05) is 0 Å². The molecule has 4 heteroatoms. The third-order valence-electron chi connectivity index (χ3n) is 1.34. The van der Waals surface area contributed by atoms with Crippen LogP contribution in [0, 0.1) is 6.92 Å². The number of aromatic nitrogens is 2. The van der Waals surface area contributed by atoms with Gasteiger partial charge in [0.25, 0.3) is 0 Å². The van der Waals surface area contributed by atoms with Crippen molar-refractivity contribution in [2.24, 2.45) is 0 Å². The predicted molar refractivity (Wildman–Crippen MR) is 45.0 cm³/mol. The number of carbonyl (C=O) groups excluding carboxylic acids is 1. The van der Waals surface area contributed by atoms with Crippen LogP contribution in [0.2, 0.25) is 0 Å². The van der Waals surface area contributed by atoms with Crippen molar-refractivity contribution in [3.8, 4) is 0 Å². The maximum absolute atomic E-state index is 9.88. The molecular formula is C8H9N3O. The molecule has 0 fully saturated rings. The van der Waals surface area contributed by atoms with Crippen LogP contribution in [0.4, 0.5) is 0 Å². The Morgan fingerprint density at radius 3 is 3.08 bits per heavy atom. The summed E-state index contributed by atoms with van der Waals surface area (Å²) in [6.07, 6.45) is 7.03. The zero-order valence-electron chi connectivity index (χ0n) is 6.69. The molecule has 0 aliphatic heterocycles. The van der Waals surface area contributed by atoms with E-state index >= 15 is 0 Å². The lowest BCUT2D eigenvalue weighted by atomic mass is 10.2. The van der Waals surface area contributed by atoms with E-state index in [4.69, 9.17) is 0 Å². The van der Waals surface area contributed by atoms with Gasteiger partial charge in [0.2, 0.25) is 6.41 Å². The lowest BCUT2D eigenvalue weighted by molar-refractivity contribution is -0.108. The molecule has 0 aliphatic carbocycles. The number of nitrogens with one attached hydrogen (secondary N) is 1. The topological polar surface area (TPSA) is 54.9 Å². The Balaban J connectivity index is 2.74. The highest BCUT2D eigenvalue weighted by Crippen LogP contribution is 2.01. The van der Waals surface area contributed by atoms with Crippen molar-refractivity contribution in [1.29, 1.82) is 0 Å². The highest BCUT2D eigenvalue weighted by molar-refractivity contribution is 5.54. The van der Waals surface area contributed by atoms with Gasteiger partial charge < -0.3 is 5.32 Å². The molecule has 0 atom stereocenters. The summed E-state index contributed by atoms with van der Waals surface area (Å²) in [6, 6.07) is 0. The van der Waals surface area contributed by atoms with E-state index in [1.165, 1.54) is 12.5 Å². The number of nitrogens with zero attached hydrogens (tertiary/aromatic N) is 2. The second-order valence-corrected chi connectivity index (χ2v) is 2.21. The van der Waals surface area contributed by atoms with E-state index in [2.05, 4.69) is 15.3 Å². The highest BCUT2D eigenvalue weighted by Gasteiger charge is 1.91. The average molecular weight is 163 g/mol. The number of carbonyl (C=O) groups is 1. The molecule has 0 saturated heterocycles. The van der Waals surface area contributed by atoms with E-state index in [1.807, 2.05) is 6.92 Å². The molecule has 0 bridgehead atoms. The van der Waals surface area contributed by atoms with Gasteiger partial charge in [-0.05, 0) is 18.6 Å². The molecule has 1 heterocycles. The summed E-state index contributed by atoms with van der Waals surface area (Å²) < 4.78 is 0. The van der Waals surface area contributed by atoms with Gasteiger partial charge in [0.05, 0.1) is 5.69 Å².